The summed E-state index contributed by atoms with van der Waals surface area (Å²) in [5, 5.41) is 0. The molecule has 6 atom stereocenters. The Hall–Kier alpha value is -0.520. The number of allylic oxidation sites excluding steroid dienone is 4. The van der Waals surface area contributed by atoms with E-state index in [1.54, 1.807) is 5.57 Å². The largest absolute Gasteiger partial charge is 0.0845 e. The molecule has 0 radical (unpaired) electrons. The van der Waals surface area contributed by atoms with E-state index in [0.717, 1.165) is 11.8 Å². The first kappa shape index (κ1) is 25.1. The highest BCUT2D eigenvalue weighted by atomic mass is 14.7. The summed E-state index contributed by atoms with van der Waals surface area (Å²) in [6.07, 6.45) is 16.7. The van der Waals surface area contributed by atoms with Crippen molar-refractivity contribution in [3.05, 3.63) is 22.8 Å². The van der Waals surface area contributed by atoms with Gasteiger partial charge in [0.05, 0.1) is 0 Å². The van der Waals surface area contributed by atoms with Crippen LogP contribution in [0.2, 0.25) is 0 Å². The molecule has 34 heavy (non-hydrogen) atoms. The van der Waals surface area contributed by atoms with Gasteiger partial charge in [0.2, 0.25) is 0 Å². The van der Waals surface area contributed by atoms with Crippen molar-refractivity contribution >= 4 is 0 Å². The summed E-state index contributed by atoms with van der Waals surface area (Å²) < 4.78 is 0. The van der Waals surface area contributed by atoms with Gasteiger partial charge in [-0.1, -0.05) is 92.0 Å². The van der Waals surface area contributed by atoms with Gasteiger partial charge in [0, 0.05) is 0 Å². The molecule has 0 spiro atoms. The van der Waals surface area contributed by atoms with Crippen LogP contribution in [0.5, 0.6) is 0 Å². The molecule has 0 bridgehead atoms. The minimum absolute atomic E-state index is 0.301. The molecular formula is C34H56. The normalized spacial score (nSPS) is 48.7. The topological polar surface area (TPSA) is 0 Å². The molecule has 0 saturated heterocycles. The zero-order chi connectivity index (χ0) is 25.2. The number of fused-ring (bicyclic) bond motifs is 6. The molecule has 3 saturated carbocycles. The van der Waals surface area contributed by atoms with E-state index < -0.39 is 0 Å². The van der Waals surface area contributed by atoms with Crippen LogP contribution in [0.3, 0.4) is 0 Å². The third kappa shape index (κ3) is 2.73. The van der Waals surface area contributed by atoms with Gasteiger partial charge in [0.25, 0.3) is 0 Å². The van der Waals surface area contributed by atoms with E-state index in [2.05, 4.69) is 82.2 Å². The van der Waals surface area contributed by atoms with Crippen LogP contribution in [0, 0.1) is 49.7 Å². The van der Waals surface area contributed by atoms with E-state index in [4.69, 9.17) is 0 Å². The Morgan fingerprint density at radius 2 is 1.44 bits per heavy atom. The predicted molar refractivity (Wildman–Crippen MR) is 148 cm³/mol. The Bertz CT molecular complexity index is 939. The van der Waals surface area contributed by atoms with Crippen molar-refractivity contribution in [2.75, 3.05) is 0 Å². The second kappa shape index (κ2) is 7.07. The number of rotatable bonds is 1. The molecule has 0 heterocycles. The standard InChI is InChI=1S/C34H56/c1-12-34-21-19-28(3,4)30(7,8)27(34)24-13-14-26-31(9)17-15-23(2)29(5,6)25(31)16-18-33(26,11)32(24,10)20-22-34/h15,25-26H,12-14,16-22H2,1-11H3/t25?,26?,31?,32?,33?,34-/m1/s1. The molecule has 192 valence electrons. The number of hydrogen-bond donors (Lipinski definition) is 0. The summed E-state index contributed by atoms with van der Waals surface area (Å²) in [4.78, 5) is 0. The first-order chi connectivity index (χ1) is 15.5. The highest BCUT2D eigenvalue weighted by Crippen LogP contribution is 2.77. The van der Waals surface area contributed by atoms with Crippen molar-refractivity contribution in [2.24, 2.45) is 49.7 Å². The van der Waals surface area contributed by atoms with Crippen LogP contribution in [-0.4, -0.2) is 0 Å². The van der Waals surface area contributed by atoms with Gasteiger partial charge >= 0.3 is 0 Å². The molecule has 0 N–H and O–H groups in total. The molecule has 0 heteroatoms. The summed E-state index contributed by atoms with van der Waals surface area (Å²) >= 11 is 0. The molecule has 0 aromatic rings. The molecule has 5 unspecified atom stereocenters. The molecule has 5 aliphatic rings. The summed E-state index contributed by atoms with van der Waals surface area (Å²) in [5.74, 6) is 1.69. The van der Waals surface area contributed by atoms with E-state index in [1.165, 1.54) is 64.2 Å². The summed E-state index contributed by atoms with van der Waals surface area (Å²) in [5.41, 5.74) is 8.36. The van der Waals surface area contributed by atoms with Crippen molar-refractivity contribution in [3.8, 4) is 0 Å². The van der Waals surface area contributed by atoms with E-state index >= 15 is 0 Å². The van der Waals surface area contributed by atoms with Gasteiger partial charge in [-0.15, -0.1) is 0 Å². The maximum Gasteiger partial charge on any atom is -0.00564 e. The SMILES string of the molecule is CC[C@]12CCC(C)(C)C(C)(C)C1=C1CCC3C4(C)CC=C(C)C(C)(C)C4CCC3(C)C1(C)CC2. The van der Waals surface area contributed by atoms with Gasteiger partial charge in [0.1, 0.15) is 0 Å². The van der Waals surface area contributed by atoms with Crippen LogP contribution < -0.4 is 0 Å². The van der Waals surface area contributed by atoms with Crippen molar-refractivity contribution in [1.29, 1.82) is 0 Å². The van der Waals surface area contributed by atoms with Gasteiger partial charge in [-0.3, -0.25) is 0 Å². The Balaban J connectivity index is 1.67. The van der Waals surface area contributed by atoms with Crippen molar-refractivity contribution in [3.63, 3.8) is 0 Å². The zero-order valence-corrected chi connectivity index (χ0v) is 24.8. The molecule has 5 rings (SSSR count). The minimum Gasteiger partial charge on any atom is -0.0845 e. The van der Waals surface area contributed by atoms with Crippen molar-refractivity contribution in [1.82, 2.24) is 0 Å². The summed E-state index contributed by atoms with van der Waals surface area (Å²) in [7, 11) is 0. The van der Waals surface area contributed by atoms with Crippen LogP contribution in [-0.2, 0) is 0 Å². The Morgan fingerprint density at radius 3 is 2.09 bits per heavy atom. The van der Waals surface area contributed by atoms with Crippen LogP contribution in [0.4, 0.5) is 0 Å². The monoisotopic (exact) mass is 464 g/mol. The molecule has 0 nitrogen and oxygen atoms in total. The lowest BCUT2D eigenvalue weighted by atomic mass is 9.33. The van der Waals surface area contributed by atoms with Gasteiger partial charge in [-0.25, -0.2) is 0 Å². The summed E-state index contributed by atoms with van der Waals surface area (Å²) in [6, 6.07) is 0. The zero-order valence-electron chi connectivity index (χ0n) is 24.8. The van der Waals surface area contributed by atoms with Gasteiger partial charge in [-0.2, -0.15) is 0 Å². The summed E-state index contributed by atoms with van der Waals surface area (Å²) in [6.45, 7) is 28.7. The third-order valence-corrected chi connectivity index (χ3v) is 14.8. The maximum absolute atomic E-state index is 2.77. The van der Waals surface area contributed by atoms with Crippen LogP contribution >= 0.6 is 0 Å². The van der Waals surface area contributed by atoms with Crippen LogP contribution in [0.1, 0.15) is 140 Å². The third-order valence-electron chi connectivity index (χ3n) is 14.8. The van der Waals surface area contributed by atoms with Crippen LogP contribution in [0.25, 0.3) is 0 Å². The average Bonchev–Trinajstić information content (AvgIpc) is 2.74. The lowest BCUT2D eigenvalue weighted by Gasteiger charge is -2.71. The smallest absolute Gasteiger partial charge is 0.00564 e. The fraction of sp³-hybridized carbons (Fsp3) is 0.882. The van der Waals surface area contributed by atoms with Gasteiger partial charge in [0.15, 0.2) is 0 Å². The Morgan fingerprint density at radius 1 is 0.794 bits per heavy atom. The highest BCUT2D eigenvalue weighted by molar-refractivity contribution is 5.42. The minimum atomic E-state index is 0.301. The first-order valence-electron chi connectivity index (χ1n) is 15.0. The van der Waals surface area contributed by atoms with E-state index in [1.807, 2.05) is 11.1 Å². The van der Waals surface area contributed by atoms with Gasteiger partial charge in [-0.05, 0) is 121 Å². The van der Waals surface area contributed by atoms with E-state index in [-0.39, 0.29) is 0 Å². The predicted octanol–water partition coefficient (Wildman–Crippen LogP) is 10.5. The average molecular weight is 465 g/mol. The highest BCUT2D eigenvalue weighted by Gasteiger charge is 2.67. The lowest BCUT2D eigenvalue weighted by molar-refractivity contribution is -0.164. The second-order valence-corrected chi connectivity index (χ2v) is 16.2. The molecule has 3 fully saturated rings. The van der Waals surface area contributed by atoms with Crippen LogP contribution in [0.15, 0.2) is 22.8 Å². The molecule has 5 aliphatic carbocycles. The molecular weight excluding hydrogens is 408 g/mol. The van der Waals surface area contributed by atoms with Gasteiger partial charge < -0.3 is 0 Å². The van der Waals surface area contributed by atoms with Crippen molar-refractivity contribution < 1.29 is 0 Å². The maximum atomic E-state index is 2.77. The fourth-order valence-corrected chi connectivity index (χ4v) is 11.3. The number of hydrogen-bond acceptors (Lipinski definition) is 0. The molecule has 0 aromatic heterocycles. The Labute approximate surface area is 212 Å². The molecule has 0 aliphatic heterocycles. The fourth-order valence-electron chi connectivity index (χ4n) is 11.3. The van der Waals surface area contributed by atoms with Crippen molar-refractivity contribution in [2.45, 2.75) is 140 Å². The van der Waals surface area contributed by atoms with E-state index in [0.29, 0.717) is 37.9 Å². The molecule has 0 amide bonds. The first-order valence-corrected chi connectivity index (χ1v) is 15.0. The lowest BCUT2D eigenvalue weighted by Crippen LogP contribution is -2.63. The quantitative estimate of drug-likeness (QED) is 0.338. The Kier molecular flexibility index (Phi) is 5.23. The molecule has 0 aromatic carbocycles. The van der Waals surface area contributed by atoms with E-state index in [9.17, 15) is 0 Å². The second-order valence-electron chi connectivity index (χ2n) is 16.2.